The molecule has 2 heterocycles. The van der Waals surface area contributed by atoms with Crippen molar-refractivity contribution in [2.75, 3.05) is 0 Å². The SMILES string of the molecule is Cc1nnc(SCc2nc(C(C)(C)C)no2)s1. The number of hydrogen-bond donors (Lipinski definition) is 0. The highest BCUT2D eigenvalue weighted by Gasteiger charge is 2.21. The van der Waals surface area contributed by atoms with Crippen molar-refractivity contribution in [3.05, 3.63) is 16.7 Å². The Hall–Kier alpha value is -0.950. The lowest BCUT2D eigenvalue weighted by Crippen LogP contribution is -2.13. The van der Waals surface area contributed by atoms with Crippen molar-refractivity contribution in [1.82, 2.24) is 20.3 Å². The lowest BCUT2D eigenvalue weighted by atomic mass is 9.96. The molecule has 0 radical (unpaired) electrons. The number of thioether (sulfide) groups is 1. The van der Waals surface area contributed by atoms with E-state index in [1.165, 1.54) is 0 Å². The number of aromatic nitrogens is 4. The monoisotopic (exact) mass is 270 g/mol. The Balaban J connectivity index is 1.98. The molecule has 2 rings (SSSR count). The van der Waals surface area contributed by atoms with E-state index in [2.05, 4.69) is 41.1 Å². The Kier molecular flexibility index (Phi) is 3.48. The van der Waals surface area contributed by atoms with Gasteiger partial charge < -0.3 is 4.52 Å². The van der Waals surface area contributed by atoms with Gasteiger partial charge in [0.2, 0.25) is 5.89 Å². The summed E-state index contributed by atoms with van der Waals surface area (Å²) in [6.45, 7) is 8.11. The van der Waals surface area contributed by atoms with E-state index in [9.17, 15) is 0 Å². The molecule has 7 heteroatoms. The molecule has 0 aliphatic carbocycles. The first-order valence-corrected chi connectivity index (χ1v) is 7.01. The van der Waals surface area contributed by atoms with Crippen molar-refractivity contribution in [2.24, 2.45) is 0 Å². The molecular weight excluding hydrogens is 256 g/mol. The maximum atomic E-state index is 5.19. The number of rotatable bonds is 3. The molecule has 0 bridgehead atoms. The number of hydrogen-bond acceptors (Lipinski definition) is 7. The van der Waals surface area contributed by atoms with Crippen LogP contribution in [0.5, 0.6) is 0 Å². The molecule has 0 spiro atoms. The van der Waals surface area contributed by atoms with E-state index in [4.69, 9.17) is 4.52 Å². The molecule has 17 heavy (non-hydrogen) atoms. The van der Waals surface area contributed by atoms with Crippen LogP contribution in [0.1, 0.15) is 37.5 Å². The Morgan fingerprint density at radius 1 is 1.29 bits per heavy atom. The average molecular weight is 270 g/mol. The van der Waals surface area contributed by atoms with Crippen LogP contribution < -0.4 is 0 Å². The van der Waals surface area contributed by atoms with Crippen LogP contribution in [0.4, 0.5) is 0 Å². The number of nitrogens with zero attached hydrogens (tertiary/aromatic N) is 4. The first-order chi connectivity index (χ1) is 7.95. The summed E-state index contributed by atoms with van der Waals surface area (Å²) < 4.78 is 6.12. The minimum atomic E-state index is -0.0776. The Morgan fingerprint density at radius 2 is 2.06 bits per heavy atom. The van der Waals surface area contributed by atoms with Gasteiger partial charge in [-0.15, -0.1) is 10.2 Å². The molecule has 5 nitrogen and oxygen atoms in total. The van der Waals surface area contributed by atoms with Crippen molar-refractivity contribution in [3.8, 4) is 0 Å². The van der Waals surface area contributed by atoms with Gasteiger partial charge in [0.15, 0.2) is 10.2 Å². The van der Waals surface area contributed by atoms with E-state index in [-0.39, 0.29) is 5.41 Å². The van der Waals surface area contributed by atoms with Crippen LogP contribution in [-0.4, -0.2) is 20.3 Å². The molecule has 0 N–H and O–H groups in total. The van der Waals surface area contributed by atoms with Crippen LogP contribution in [0.15, 0.2) is 8.86 Å². The molecule has 0 atom stereocenters. The van der Waals surface area contributed by atoms with Crippen LogP contribution >= 0.6 is 23.1 Å². The van der Waals surface area contributed by atoms with Gasteiger partial charge in [0.25, 0.3) is 0 Å². The molecule has 0 fully saturated rings. The van der Waals surface area contributed by atoms with Crippen molar-refractivity contribution in [2.45, 2.75) is 43.2 Å². The molecular formula is C10H14N4OS2. The molecule has 0 saturated heterocycles. The largest absolute Gasteiger partial charge is 0.338 e. The van der Waals surface area contributed by atoms with Crippen molar-refractivity contribution in [1.29, 1.82) is 0 Å². The lowest BCUT2D eigenvalue weighted by Gasteiger charge is -2.10. The quantitative estimate of drug-likeness (QED) is 0.799. The maximum Gasteiger partial charge on any atom is 0.237 e. The summed E-state index contributed by atoms with van der Waals surface area (Å²) in [7, 11) is 0. The first kappa shape index (κ1) is 12.5. The van der Waals surface area contributed by atoms with Crippen molar-refractivity contribution < 1.29 is 4.52 Å². The van der Waals surface area contributed by atoms with Gasteiger partial charge in [-0.05, 0) is 6.92 Å². The van der Waals surface area contributed by atoms with Gasteiger partial charge in [-0.1, -0.05) is 49.0 Å². The summed E-state index contributed by atoms with van der Waals surface area (Å²) in [6.07, 6.45) is 0. The highest BCUT2D eigenvalue weighted by molar-refractivity contribution is 8.00. The van der Waals surface area contributed by atoms with Gasteiger partial charge in [0, 0.05) is 5.41 Å². The third kappa shape index (κ3) is 3.26. The van der Waals surface area contributed by atoms with Gasteiger partial charge >= 0.3 is 0 Å². The molecule has 0 saturated carbocycles. The van der Waals surface area contributed by atoms with Crippen LogP contribution in [0.25, 0.3) is 0 Å². The zero-order chi connectivity index (χ0) is 12.5. The zero-order valence-electron chi connectivity index (χ0n) is 10.2. The second-order valence-electron chi connectivity index (χ2n) is 4.64. The summed E-state index contributed by atoms with van der Waals surface area (Å²) in [6, 6.07) is 0. The highest BCUT2D eigenvalue weighted by Crippen LogP contribution is 2.26. The van der Waals surface area contributed by atoms with Gasteiger partial charge in [-0.3, -0.25) is 0 Å². The van der Waals surface area contributed by atoms with E-state index >= 15 is 0 Å². The smallest absolute Gasteiger partial charge is 0.237 e. The first-order valence-electron chi connectivity index (χ1n) is 5.21. The van der Waals surface area contributed by atoms with E-state index in [1.54, 1.807) is 23.1 Å². The second kappa shape index (κ2) is 4.73. The van der Waals surface area contributed by atoms with E-state index < -0.39 is 0 Å². The minimum absolute atomic E-state index is 0.0776. The van der Waals surface area contributed by atoms with Crippen LogP contribution in [-0.2, 0) is 11.2 Å². The summed E-state index contributed by atoms with van der Waals surface area (Å²) in [5.74, 6) is 2.01. The fourth-order valence-corrected chi connectivity index (χ4v) is 2.73. The van der Waals surface area contributed by atoms with Gasteiger partial charge in [-0.25, -0.2) is 0 Å². The van der Waals surface area contributed by atoms with Gasteiger partial charge in [0.1, 0.15) is 5.01 Å². The summed E-state index contributed by atoms with van der Waals surface area (Å²) >= 11 is 3.14. The van der Waals surface area contributed by atoms with Gasteiger partial charge in [0.05, 0.1) is 5.75 Å². The molecule has 92 valence electrons. The molecule has 2 aromatic rings. The van der Waals surface area contributed by atoms with Crippen LogP contribution in [0.3, 0.4) is 0 Å². The maximum absolute atomic E-state index is 5.19. The summed E-state index contributed by atoms with van der Waals surface area (Å²) in [4.78, 5) is 4.36. The Bertz CT molecular complexity index is 500. The standard InChI is InChI=1S/C10H14N4OS2/c1-6-12-13-9(17-6)16-5-7-11-8(14-15-7)10(2,3)4/h5H2,1-4H3. The topological polar surface area (TPSA) is 64.7 Å². The van der Waals surface area contributed by atoms with Gasteiger partial charge in [-0.2, -0.15) is 4.98 Å². The fraction of sp³-hybridized carbons (Fsp3) is 0.600. The average Bonchev–Trinajstić information content (AvgIpc) is 2.82. The molecule has 0 amide bonds. The zero-order valence-corrected chi connectivity index (χ0v) is 11.9. The summed E-state index contributed by atoms with van der Waals surface area (Å²) in [5.41, 5.74) is -0.0776. The minimum Gasteiger partial charge on any atom is -0.338 e. The van der Waals surface area contributed by atoms with E-state index in [0.29, 0.717) is 11.6 Å². The third-order valence-electron chi connectivity index (χ3n) is 1.97. The normalized spacial score (nSPS) is 12.0. The predicted molar refractivity (Wildman–Crippen MR) is 67.2 cm³/mol. The van der Waals surface area contributed by atoms with E-state index in [0.717, 1.165) is 15.2 Å². The Morgan fingerprint density at radius 3 is 2.59 bits per heavy atom. The third-order valence-corrected chi connectivity index (χ3v) is 3.92. The molecule has 0 aliphatic rings. The summed E-state index contributed by atoms with van der Waals surface area (Å²) in [5, 5.41) is 12.9. The van der Waals surface area contributed by atoms with Crippen molar-refractivity contribution in [3.63, 3.8) is 0 Å². The molecule has 0 aromatic carbocycles. The molecule has 2 aromatic heterocycles. The van der Waals surface area contributed by atoms with Crippen LogP contribution in [0.2, 0.25) is 0 Å². The molecule has 0 unspecified atom stereocenters. The van der Waals surface area contributed by atoms with Crippen LogP contribution in [0, 0.1) is 6.92 Å². The van der Waals surface area contributed by atoms with Crippen molar-refractivity contribution >= 4 is 23.1 Å². The fourth-order valence-electron chi connectivity index (χ4n) is 1.08. The Labute approximate surface area is 108 Å². The number of aryl methyl sites for hydroxylation is 1. The second-order valence-corrected chi connectivity index (χ2v) is 7.04. The lowest BCUT2D eigenvalue weighted by molar-refractivity contribution is 0.373. The van der Waals surface area contributed by atoms with E-state index in [1.807, 2.05) is 6.92 Å². The predicted octanol–water partition coefficient (Wildman–Crippen LogP) is 2.82. The highest BCUT2D eigenvalue weighted by atomic mass is 32.2. The molecule has 0 aliphatic heterocycles.